The summed E-state index contributed by atoms with van der Waals surface area (Å²) in [5.41, 5.74) is -3.99. The van der Waals surface area contributed by atoms with Crippen LogP contribution >= 0.6 is 15.2 Å². The van der Waals surface area contributed by atoms with Crippen LogP contribution < -0.4 is 0 Å². The van der Waals surface area contributed by atoms with E-state index in [1.807, 2.05) is 0 Å². The molecule has 10 nitrogen and oxygen atoms in total. The fourth-order valence-electron chi connectivity index (χ4n) is 6.96. The quantitative estimate of drug-likeness (QED) is 0.0404. The summed E-state index contributed by atoms with van der Waals surface area (Å²) in [6, 6.07) is 0. The van der Waals surface area contributed by atoms with Gasteiger partial charge in [-0.05, 0) is 44.9 Å². The molecule has 0 fully saturated rings. The Balaban J connectivity index is 6.38. The van der Waals surface area contributed by atoms with E-state index in [0.717, 1.165) is 64.2 Å². The zero-order valence-electron chi connectivity index (χ0n) is 27.8. The van der Waals surface area contributed by atoms with Crippen LogP contribution in [0.5, 0.6) is 0 Å². The van der Waals surface area contributed by atoms with Crippen LogP contribution in [0.15, 0.2) is 0 Å². The lowest BCUT2D eigenvalue weighted by molar-refractivity contribution is -0.162. The lowest BCUT2D eigenvalue weighted by Gasteiger charge is -2.57. The molecule has 0 radical (unpaired) electrons. The maximum absolute atomic E-state index is 13.9. The highest BCUT2D eigenvalue weighted by atomic mass is 31.2. The van der Waals surface area contributed by atoms with Crippen LogP contribution in [0, 0.1) is 10.8 Å². The Morgan fingerprint density at radius 3 is 1.35 bits per heavy atom. The van der Waals surface area contributed by atoms with Gasteiger partial charge in [-0.1, -0.05) is 106 Å². The minimum atomic E-state index is -5.76. The first-order valence-electron chi connectivity index (χ1n) is 16.6. The molecule has 0 aliphatic heterocycles. The molecule has 0 bridgehead atoms. The average Bonchev–Trinajstić information content (AvgIpc) is 2.95. The molecule has 0 atom stereocenters. The molecule has 0 rings (SSSR count). The second-order valence-corrected chi connectivity index (χ2v) is 15.8. The maximum Gasteiger partial charge on any atom is 0.345 e. The van der Waals surface area contributed by atoms with Gasteiger partial charge >= 0.3 is 27.1 Å². The van der Waals surface area contributed by atoms with E-state index in [0.29, 0.717) is 12.8 Å². The Morgan fingerprint density at radius 1 is 0.581 bits per heavy atom. The molecule has 0 saturated heterocycles. The Bertz CT molecular complexity index is 865. The second-order valence-electron chi connectivity index (χ2n) is 11.9. The Labute approximate surface area is 260 Å². The minimum absolute atomic E-state index is 0.0128. The van der Waals surface area contributed by atoms with Gasteiger partial charge in [0.05, 0.1) is 18.6 Å². The lowest BCUT2D eigenvalue weighted by Crippen LogP contribution is -2.62. The molecule has 0 aliphatic carbocycles. The average molecular weight is 657 g/mol. The van der Waals surface area contributed by atoms with Crippen molar-refractivity contribution in [2.75, 3.05) is 13.2 Å². The highest BCUT2D eigenvalue weighted by Crippen LogP contribution is 2.84. The lowest BCUT2D eigenvalue weighted by atomic mass is 9.62. The first-order chi connectivity index (χ1) is 20.2. The van der Waals surface area contributed by atoms with Gasteiger partial charge in [-0.3, -0.25) is 18.7 Å². The third-order valence-electron chi connectivity index (χ3n) is 9.50. The van der Waals surface area contributed by atoms with Crippen molar-refractivity contribution in [1.82, 2.24) is 0 Å². The largest absolute Gasteiger partial charge is 0.466 e. The van der Waals surface area contributed by atoms with Gasteiger partial charge in [0.15, 0.2) is 4.90 Å². The van der Waals surface area contributed by atoms with Gasteiger partial charge in [-0.2, -0.15) is 0 Å². The molecule has 0 aromatic rings. The van der Waals surface area contributed by atoms with Gasteiger partial charge in [-0.15, -0.1) is 0 Å². The Morgan fingerprint density at radius 2 is 0.977 bits per heavy atom. The number of ether oxygens (including phenoxy) is 2. The van der Waals surface area contributed by atoms with Crippen molar-refractivity contribution in [3.63, 3.8) is 0 Å². The van der Waals surface area contributed by atoms with Crippen molar-refractivity contribution in [3.05, 3.63) is 0 Å². The number of esters is 2. The van der Waals surface area contributed by atoms with Crippen LogP contribution in [-0.4, -0.2) is 49.6 Å². The SMILES string of the molecule is CCCCCCCCOC(=O)CCC(CC)(CC)C(C(CC)(CC)C(=O)OCCCCCCCC)(P(=O)(O)O)P(=O)(O)O. The van der Waals surface area contributed by atoms with Crippen molar-refractivity contribution in [3.8, 4) is 0 Å². The monoisotopic (exact) mass is 656 g/mol. The zero-order valence-corrected chi connectivity index (χ0v) is 29.6. The van der Waals surface area contributed by atoms with Crippen molar-refractivity contribution < 1.29 is 47.8 Å². The number of carbonyl (C=O) groups is 2. The molecule has 0 unspecified atom stereocenters. The van der Waals surface area contributed by atoms with Gasteiger partial charge in [0.25, 0.3) is 0 Å². The number of hydrogen-bond donors (Lipinski definition) is 4. The summed E-state index contributed by atoms with van der Waals surface area (Å²) in [5.74, 6) is -1.62. The standard InChI is InChI=1S/C31H62O10P2/c1-7-13-15-17-19-21-25-40-27(32)23-24-29(9-3,10-4)31(42(34,35)36,43(37,38)39)30(11-5,12-6)28(33)41-26-22-20-18-16-14-8-2/h7-26H2,1-6H3,(H2,34,35,36)(H2,37,38,39). The fourth-order valence-corrected chi connectivity index (χ4v) is 12.3. The number of rotatable bonds is 26. The first kappa shape index (κ1) is 42.2. The molecule has 43 heavy (non-hydrogen) atoms. The van der Waals surface area contributed by atoms with E-state index in [1.165, 1.54) is 13.8 Å². The third-order valence-corrected chi connectivity index (χ3v) is 14.6. The van der Waals surface area contributed by atoms with Crippen LogP contribution in [0.25, 0.3) is 0 Å². The first-order valence-corrected chi connectivity index (χ1v) is 19.8. The highest BCUT2D eigenvalue weighted by molar-refractivity contribution is 7.72. The van der Waals surface area contributed by atoms with E-state index in [4.69, 9.17) is 9.47 Å². The van der Waals surface area contributed by atoms with E-state index in [1.54, 1.807) is 13.8 Å². The predicted molar refractivity (Wildman–Crippen MR) is 171 cm³/mol. The summed E-state index contributed by atoms with van der Waals surface area (Å²) in [4.78, 5) is 67.6. The molecular weight excluding hydrogens is 594 g/mol. The van der Waals surface area contributed by atoms with E-state index in [2.05, 4.69) is 13.8 Å². The number of unbranched alkanes of at least 4 members (excludes halogenated alkanes) is 10. The van der Waals surface area contributed by atoms with Crippen LogP contribution in [0.4, 0.5) is 0 Å². The summed E-state index contributed by atoms with van der Waals surface area (Å²) in [6.45, 7) is 10.6. The Hall–Kier alpha value is -0.760. The summed E-state index contributed by atoms with van der Waals surface area (Å²) in [6.07, 6.45) is 10.3. The molecule has 12 heteroatoms. The predicted octanol–water partition coefficient (Wildman–Crippen LogP) is 8.24. The molecule has 4 N–H and O–H groups in total. The van der Waals surface area contributed by atoms with E-state index in [-0.39, 0.29) is 51.7 Å². The molecule has 0 amide bonds. The van der Waals surface area contributed by atoms with Crippen LogP contribution in [0.2, 0.25) is 0 Å². The van der Waals surface area contributed by atoms with Gasteiger partial charge < -0.3 is 29.0 Å². The number of hydrogen-bond acceptors (Lipinski definition) is 6. The van der Waals surface area contributed by atoms with E-state index in [9.17, 15) is 38.3 Å². The molecule has 0 spiro atoms. The molecule has 0 heterocycles. The van der Waals surface area contributed by atoms with Crippen molar-refractivity contribution >= 4 is 27.1 Å². The van der Waals surface area contributed by atoms with Crippen LogP contribution in [0.3, 0.4) is 0 Å². The van der Waals surface area contributed by atoms with E-state index < -0.39 is 42.9 Å². The molecular formula is C31H62O10P2. The van der Waals surface area contributed by atoms with Gasteiger partial charge in [0.1, 0.15) is 0 Å². The normalized spacial score (nSPS) is 13.3. The number of carbonyl (C=O) groups excluding carboxylic acids is 2. The van der Waals surface area contributed by atoms with Crippen LogP contribution in [-0.2, 0) is 28.2 Å². The van der Waals surface area contributed by atoms with E-state index >= 15 is 0 Å². The zero-order chi connectivity index (χ0) is 33.2. The highest BCUT2D eigenvalue weighted by Gasteiger charge is 2.80. The maximum atomic E-state index is 13.9. The summed E-state index contributed by atoms with van der Waals surface area (Å²) in [5, 5.41) is 0. The van der Waals surface area contributed by atoms with Crippen LogP contribution in [0.1, 0.15) is 157 Å². The molecule has 0 saturated carbocycles. The molecule has 0 aliphatic rings. The Kier molecular flexibility index (Phi) is 20.0. The van der Waals surface area contributed by atoms with Crippen molar-refractivity contribution in [1.29, 1.82) is 0 Å². The minimum Gasteiger partial charge on any atom is -0.466 e. The van der Waals surface area contributed by atoms with Gasteiger partial charge in [0.2, 0.25) is 0 Å². The smallest absolute Gasteiger partial charge is 0.345 e. The third kappa shape index (κ3) is 10.6. The molecule has 0 aromatic carbocycles. The van der Waals surface area contributed by atoms with Crippen molar-refractivity contribution in [2.45, 2.75) is 162 Å². The summed E-state index contributed by atoms with van der Waals surface area (Å²) in [7, 11) is -11.5. The van der Waals surface area contributed by atoms with Gasteiger partial charge in [-0.25, -0.2) is 0 Å². The van der Waals surface area contributed by atoms with Gasteiger partial charge in [0, 0.05) is 11.8 Å². The fraction of sp³-hybridized carbons (Fsp3) is 0.935. The molecule has 256 valence electrons. The molecule has 0 aromatic heterocycles. The topological polar surface area (TPSA) is 168 Å². The second kappa shape index (κ2) is 20.4. The summed E-state index contributed by atoms with van der Waals surface area (Å²) < 4.78 is 38.3. The van der Waals surface area contributed by atoms with Crippen molar-refractivity contribution in [2.24, 2.45) is 10.8 Å². The summed E-state index contributed by atoms with van der Waals surface area (Å²) >= 11 is 0.